The van der Waals surface area contributed by atoms with Gasteiger partial charge in [-0.15, -0.1) is 0 Å². The molecule has 0 amide bonds. The Balaban J connectivity index is 1.64. The third-order valence-electron chi connectivity index (χ3n) is 5.30. The lowest BCUT2D eigenvalue weighted by Gasteiger charge is -2.30. The second-order valence-corrected chi connectivity index (χ2v) is 10.2. The summed E-state index contributed by atoms with van der Waals surface area (Å²) in [7, 11) is 0. The number of aromatic nitrogens is 1. The molecule has 34 heavy (non-hydrogen) atoms. The fourth-order valence-electron chi connectivity index (χ4n) is 3.62. The van der Waals surface area contributed by atoms with E-state index in [1.54, 1.807) is 13.8 Å². The fraction of sp³-hybridized carbons (Fsp3) is 0.429. The molecule has 6 heteroatoms. The van der Waals surface area contributed by atoms with Gasteiger partial charge >= 0.3 is 5.97 Å². The highest BCUT2D eigenvalue weighted by molar-refractivity contribution is 5.79. The van der Waals surface area contributed by atoms with E-state index in [2.05, 4.69) is 22.4 Å². The molecule has 0 spiro atoms. The van der Waals surface area contributed by atoms with Crippen LogP contribution >= 0.6 is 0 Å². The smallest absolute Gasteiger partial charge is 0.350 e. The first-order valence-electron chi connectivity index (χ1n) is 11.6. The van der Waals surface area contributed by atoms with Crippen LogP contribution < -0.4 is 10.1 Å². The molecule has 1 N–H and O–H groups in total. The Kier molecular flexibility index (Phi) is 7.51. The molecule has 0 saturated heterocycles. The van der Waals surface area contributed by atoms with Gasteiger partial charge in [0, 0.05) is 18.7 Å². The van der Waals surface area contributed by atoms with E-state index in [4.69, 9.17) is 13.9 Å². The van der Waals surface area contributed by atoms with Gasteiger partial charge in [0.1, 0.15) is 17.1 Å². The Morgan fingerprint density at radius 1 is 0.971 bits per heavy atom. The SMILES string of the molecule is Cc1cc(CNCc2nc(-c3ccccc3)oc2C)cc(C)c1OC(C)(C)C(=O)OC(C)(C)C. The van der Waals surface area contributed by atoms with Crippen LogP contribution in [0.15, 0.2) is 46.9 Å². The third-order valence-corrected chi connectivity index (χ3v) is 5.30. The Morgan fingerprint density at radius 3 is 2.18 bits per heavy atom. The van der Waals surface area contributed by atoms with Crippen LogP contribution in [-0.2, 0) is 22.6 Å². The van der Waals surface area contributed by atoms with Gasteiger partial charge in [0.15, 0.2) is 5.60 Å². The largest absolute Gasteiger partial charge is 0.476 e. The highest BCUT2D eigenvalue weighted by atomic mass is 16.6. The van der Waals surface area contributed by atoms with Crippen molar-refractivity contribution < 1.29 is 18.7 Å². The van der Waals surface area contributed by atoms with Crippen molar-refractivity contribution in [3.63, 3.8) is 0 Å². The minimum atomic E-state index is -1.09. The van der Waals surface area contributed by atoms with E-state index in [0.29, 0.717) is 24.7 Å². The average Bonchev–Trinajstić information content (AvgIpc) is 3.11. The molecule has 1 aromatic heterocycles. The van der Waals surface area contributed by atoms with Crippen molar-refractivity contribution >= 4 is 5.97 Å². The molecule has 0 fully saturated rings. The number of esters is 1. The number of oxazole rings is 1. The Bertz CT molecular complexity index is 1120. The maximum Gasteiger partial charge on any atom is 0.350 e. The van der Waals surface area contributed by atoms with E-state index in [9.17, 15) is 4.79 Å². The number of benzene rings is 2. The van der Waals surface area contributed by atoms with E-state index < -0.39 is 11.2 Å². The van der Waals surface area contributed by atoms with Gasteiger partial charge in [-0.2, -0.15) is 0 Å². The summed E-state index contributed by atoms with van der Waals surface area (Å²) >= 11 is 0. The topological polar surface area (TPSA) is 73.6 Å². The van der Waals surface area contributed by atoms with E-state index >= 15 is 0 Å². The molecule has 0 saturated carbocycles. The molecule has 0 aliphatic carbocycles. The number of nitrogens with one attached hydrogen (secondary N) is 1. The van der Waals surface area contributed by atoms with Crippen LogP contribution in [0.4, 0.5) is 0 Å². The third kappa shape index (κ3) is 6.48. The summed E-state index contributed by atoms with van der Waals surface area (Å²) in [6, 6.07) is 14.0. The lowest BCUT2D eigenvalue weighted by molar-refractivity contribution is -0.171. The van der Waals surface area contributed by atoms with Gasteiger partial charge in [0.2, 0.25) is 5.89 Å². The quantitative estimate of drug-likeness (QED) is 0.409. The first kappa shape index (κ1) is 25.5. The summed E-state index contributed by atoms with van der Waals surface area (Å²) in [6.07, 6.45) is 0. The van der Waals surface area contributed by atoms with Crippen LogP contribution in [0, 0.1) is 20.8 Å². The van der Waals surface area contributed by atoms with Crippen LogP contribution in [0.2, 0.25) is 0 Å². The van der Waals surface area contributed by atoms with Crippen molar-refractivity contribution in [2.24, 2.45) is 0 Å². The molecular weight excluding hydrogens is 428 g/mol. The molecule has 0 unspecified atom stereocenters. The lowest BCUT2D eigenvalue weighted by atomic mass is 10.0. The van der Waals surface area contributed by atoms with Crippen molar-refractivity contribution in [2.75, 3.05) is 0 Å². The van der Waals surface area contributed by atoms with E-state index in [-0.39, 0.29) is 5.97 Å². The van der Waals surface area contributed by atoms with Crippen molar-refractivity contribution in [3.8, 4) is 17.2 Å². The van der Waals surface area contributed by atoms with E-state index in [0.717, 1.165) is 33.7 Å². The molecule has 3 aromatic rings. The average molecular weight is 465 g/mol. The zero-order valence-corrected chi connectivity index (χ0v) is 21.5. The predicted octanol–water partition coefficient (Wildman–Crippen LogP) is 6.06. The summed E-state index contributed by atoms with van der Waals surface area (Å²) in [4.78, 5) is 17.2. The minimum Gasteiger partial charge on any atom is -0.476 e. The monoisotopic (exact) mass is 464 g/mol. The molecule has 6 nitrogen and oxygen atoms in total. The first-order chi connectivity index (χ1) is 15.9. The summed E-state index contributed by atoms with van der Waals surface area (Å²) in [5.74, 6) is 1.77. The van der Waals surface area contributed by atoms with Gasteiger partial charge in [0.05, 0.1) is 5.69 Å². The van der Waals surface area contributed by atoms with E-state index in [1.807, 2.05) is 71.9 Å². The molecule has 0 aliphatic rings. The number of hydrogen-bond donors (Lipinski definition) is 1. The van der Waals surface area contributed by atoms with Crippen LogP contribution in [0.25, 0.3) is 11.5 Å². The van der Waals surface area contributed by atoms with Crippen molar-refractivity contribution in [2.45, 2.75) is 79.7 Å². The van der Waals surface area contributed by atoms with Crippen molar-refractivity contribution in [1.29, 1.82) is 0 Å². The number of hydrogen-bond acceptors (Lipinski definition) is 6. The number of carbonyl (C=O) groups is 1. The maximum absolute atomic E-state index is 12.6. The molecule has 2 aromatic carbocycles. The summed E-state index contributed by atoms with van der Waals surface area (Å²) in [6.45, 7) is 16.2. The van der Waals surface area contributed by atoms with Crippen LogP contribution in [0.1, 0.15) is 62.8 Å². The molecule has 0 bridgehead atoms. The number of rotatable bonds is 8. The van der Waals surface area contributed by atoms with Gasteiger partial charge in [0.25, 0.3) is 0 Å². The Labute approximate surface area is 202 Å². The van der Waals surface area contributed by atoms with Crippen molar-refractivity contribution in [1.82, 2.24) is 10.3 Å². The number of carbonyl (C=O) groups excluding carboxylic acids is 1. The number of nitrogens with zero attached hydrogens (tertiary/aromatic N) is 1. The number of aryl methyl sites for hydroxylation is 3. The minimum absolute atomic E-state index is 0.387. The summed E-state index contributed by atoms with van der Waals surface area (Å²) < 4.78 is 17.5. The van der Waals surface area contributed by atoms with Crippen LogP contribution in [0.5, 0.6) is 5.75 Å². The molecule has 0 radical (unpaired) electrons. The Hall–Kier alpha value is -3.12. The Morgan fingerprint density at radius 2 is 1.59 bits per heavy atom. The summed E-state index contributed by atoms with van der Waals surface area (Å²) in [5, 5.41) is 3.45. The second kappa shape index (κ2) is 10.0. The van der Waals surface area contributed by atoms with Gasteiger partial charge in [-0.05, 0) is 84.2 Å². The molecule has 1 heterocycles. The maximum atomic E-state index is 12.6. The second-order valence-electron chi connectivity index (χ2n) is 10.2. The molecule has 182 valence electrons. The van der Waals surface area contributed by atoms with E-state index in [1.165, 1.54) is 0 Å². The lowest BCUT2D eigenvalue weighted by Crippen LogP contribution is -2.43. The summed E-state index contributed by atoms with van der Waals surface area (Å²) in [5.41, 5.74) is 3.27. The van der Waals surface area contributed by atoms with Crippen LogP contribution in [0.3, 0.4) is 0 Å². The van der Waals surface area contributed by atoms with Crippen LogP contribution in [-0.4, -0.2) is 22.2 Å². The normalized spacial score (nSPS) is 12.0. The number of ether oxygens (including phenoxy) is 2. The molecular formula is C28H36N2O4. The molecule has 3 rings (SSSR count). The van der Waals surface area contributed by atoms with Gasteiger partial charge < -0.3 is 19.2 Å². The van der Waals surface area contributed by atoms with Gasteiger partial charge in [-0.3, -0.25) is 0 Å². The van der Waals surface area contributed by atoms with Crippen molar-refractivity contribution in [3.05, 3.63) is 70.6 Å². The zero-order chi connectivity index (χ0) is 25.1. The molecule has 0 aliphatic heterocycles. The van der Waals surface area contributed by atoms with Gasteiger partial charge in [-0.25, -0.2) is 9.78 Å². The zero-order valence-electron chi connectivity index (χ0n) is 21.5. The standard InChI is InChI=1S/C28H36N2O4/c1-18-14-21(15-19(2)24(18)33-28(7,8)26(31)34-27(4,5)6)16-29-17-23-20(3)32-25(30-23)22-12-10-9-11-13-22/h9-15,29H,16-17H2,1-8H3. The first-order valence-corrected chi connectivity index (χ1v) is 11.6. The fourth-order valence-corrected chi connectivity index (χ4v) is 3.62. The highest BCUT2D eigenvalue weighted by Gasteiger charge is 2.35. The van der Waals surface area contributed by atoms with Gasteiger partial charge in [-0.1, -0.05) is 30.3 Å². The molecule has 0 atom stereocenters. The predicted molar refractivity (Wildman–Crippen MR) is 134 cm³/mol. The highest BCUT2D eigenvalue weighted by Crippen LogP contribution is 2.30.